The van der Waals surface area contributed by atoms with Gasteiger partial charge in [-0.1, -0.05) is 11.6 Å². The summed E-state index contributed by atoms with van der Waals surface area (Å²) < 4.78 is 0. The first kappa shape index (κ1) is 18.2. The number of nitrogens with one attached hydrogen (secondary N) is 1. The van der Waals surface area contributed by atoms with E-state index in [9.17, 15) is 10.1 Å². The van der Waals surface area contributed by atoms with Crippen LogP contribution in [0.25, 0.3) is 0 Å². The second kappa shape index (κ2) is 8.54. The fourth-order valence-electron chi connectivity index (χ4n) is 2.72. The minimum Gasteiger partial charge on any atom is -0.319 e. The van der Waals surface area contributed by atoms with E-state index in [4.69, 9.17) is 11.6 Å². The molecule has 1 fully saturated rings. The van der Waals surface area contributed by atoms with E-state index in [1.807, 2.05) is 7.05 Å². The van der Waals surface area contributed by atoms with Gasteiger partial charge in [-0.3, -0.25) is 15.0 Å². The lowest BCUT2D eigenvalue weighted by Crippen LogP contribution is -2.36. The van der Waals surface area contributed by atoms with Gasteiger partial charge in [-0.05, 0) is 57.6 Å². The van der Waals surface area contributed by atoms with Crippen molar-refractivity contribution in [3.05, 3.63) is 38.9 Å². The van der Waals surface area contributed by atoms with E-state index in [1.165, 1.54) is 6.07 Å². The van der Waals surface area contributed by atoms with E-state index in [0.29, 0.717) is 11.6 Å². The molecular weight excluding hydrogens is 313 g/mol. The van der Waals surface area contributed by atoms with Crippen molar-refractivity contribution in [1.82, 2.24) is 10.2 Å². The van der Waals surface area contributed by atoms with Gasteiger partial charge in [0.15, 0.2) is 0 Å². The van der Waals surface area contributed by atoms with Crippen LogP contribution in [0.4, 0.5) is 5.69 Å². The Hall–Kier alpha value is -0.880. The van der Waals surface area contributed by atoms with Gasteiger partial charge >= 0.3 is 0 Å². The third kappa shape index (κ3) is 5.11. The topological polar surface area (TPSA) is 58.4 Å². The summed E-state index contributed by atoms with van der Waals surface area (Å²) in [5.41, 5.74) is 0.862. The molecule has 7 heteroatoms. The van der Waals surface area contributed by atoms with Crippen molar-refractivity contribution in [2.24, 2.45) is 5.92 Å². The fraction of sp³-hybridized carbons (Fsp3) is 0.571. The third-order valence-corrected chi connectivity index (χ3v) is 4.07. The number of hydrogen-bond donors (Lipinski definition) is 1. The molecule has 1 N–H and O–H groups in total. The largest absolute Gasteiger partial charge is 0.319 e. The molecule has 0 atom stereocenters. The van der Waals surface area contributed by atoms with Crippen molar-refractivity contribution in [2.45, 2.75) is 19.4 Å². The maximum atomic E-state index is 11.1. The smallest absolute Gasteiger partial charge is 0.275 e. The van der Waals surface area contributed by atoms with Gasteiger partial charge in [-0.15, -0.1) is 12.4 Å². The minimum absolute atomic E-state index is 0. The zero-order chi connectivity index (χ0) is 14.5. The molecule has 5 nitrogen and oxygen atoms in total. The summed E-state index contributed by atoms with van der Waals surface area (Å²) in [6, 6.07) is 4.92. The molecule has 0 unspecified atom stereocenters. The number of nitrogens with zero attached hydrogens (tertiary/aromatic N) is 2. The van der Waals surface area contributed by atoms with Gasteiger partial charge in [0.1, 0.15) is 0 Å². The molecule has 1 heterocycles. The van der Waals surface area contributed by atoms with Gasteiger partial charge in [0, 0.05) is 23.2 Å². The average molecular weight is 334 g/mol. The molecule has 0 amide bonds. The molecule has 0 aliphatic carbocycles. The van der Waals surface area contributed by atoms with Crippen molar-refractivity contribution in [3.8, 4) is 0 Å². The zero-order valence-corrected chi connectivity index (χ0v) is 13.6. The van der Waals surface area contributed by atoms with Crippen LogP contribution in [-0.2, 0) is 6.54 Å². The summed E-state index contributed by atoms with van der Waals surface area (Å²) in [5, 5.41) is 14.7. The third-order valence-electron chi connectivity index (χ3n) is 3.84. The molecule has 0 aromatic heterocycles. The van der Waals surface area contributed by atoms with Crippen LogP contribution in [0, 0.1) is 16.0 Å². The number of nitro benzene ring substituents is 1. The highest BCUT2D eigenvalue weighted by atomic mass is 35.5. The molecule has 0 spiro atoms. The van der Waals surface area contributed by atoms with Crippen LogP contribution in [0.1, 0.15) is 18.4 Å². The van der Waals surface area contributed by atoms with Crippen molar-refractivity contribution in [2.75, 3.05) is 26.7 Å². The number of piperidine rings is 1. The van der Waals surface area contributed by atoms with Crippen molar-refractivity contribution in [3.63, 3.8) is 0 Å². The molecule has 1 aromatic rings. The lowest BCUT2D eigenvalue weighted by atomic mass is 9.96. The van der Waals surface area contributed by atoms with Gasteiger partial charge in [0.25, 0.3) is 5.69 Å². The first-order chi connectivity index (χ1) is 9.60. The van der Waals surface area contributed by atoms with Crippen LogP contribution in [0.3, 0.4) is 0 Å². The summed E-state index contributed by atoms with van der Waals surface area (Å²) in [6.07, 6.45) is 2.28. The van der Waals surface area contributed by atoms with Gasteiger partial charge < -0.3 is 5.32 Å². The summed E-state index contributed by atoms with van der Waals surface area (Å²) in [6.45, 7) is 3.66. The highest BCUT2D eigenvalue weighted by Crippen LogP contribution is 2.26. The molecule has 1 aliphatic heterocycles. The maximum Gasteiger partial charge on any atom is 0.275 e. The Kier molecular flexibility index (Phi) is 7.39. The lowest BCUT2D eigenvalue weighted by molar-refractivity contribution is -0.385. The van der Waals surface area contributed by atoms with Gasteiger partial charge in [0.2, 0.25) is 0 Å². The molecule has 1 aliphatic rings. The average Bonchev–Trinajstić information content (AvgIpc) is 2.43. The molecule has 0 bridgehead atoms. The predicted molar refractivity (Wildman–Crippen MR) is 87.3 cm³/mol. The monoisotopic (exact) mass is 333 g/mol. The van der Waals surface area contributed by atoms with Crippen molar-refractivity contribution < 1.29 is 4.92 Å². The number of hydrogen-bond acceptors (Lipinski definition) is 4. The maximum absolute atomic E-state index is 11.1. The number of likely N-dealkylation sites (tertiary alicyclic amines) is 1. The van der Waals surface area contributed by atoms with Crippen LogP contribution in [0.2, 0.25) is 5.02 Å². The van der Waals surface area contributed by atoms with Crippen LogP contribution in [0.5, 0.6) is 0 Å². The normalized spacial score (nSPS) is 16.5. The van der Waals surface area contributed by atoms with Crippen molar-refractivity contribution in [1.29, 1.82) is 0 Å². The Morgan fingerprint density at radius 1 is 1.43 bits per heavy atom. The number of benzene rings is 1. The molecule has 21 heavy (non-hydrogen) atoms. The number of nitro groups is 1. The van der Waals surface area contributed by atoms with E-state index in [-0.39, 0.29) is 23.0 Å². The molecule has 0 saturated carbocycles. The highest BCUT2D eigenvalue weighted by Gasteiger charge is 2.21. The Morgan fingerprint density at radius 3 is 2.67 bits per heavy atom. The van der Waals surface area contributed by atoms with Gasteiger partial charge in [0.05, 0.1) is 4.92 Å². The second-order valence-electron chi connectivity index (χ2n) is 5.31. The summed E-state index contributed by atoms with van der Waals surface area (Å²) >= 11 is 5.83. The van der Waals surface area contributed by atoms with E-state index >= 15 is 0 Å². The van der Waals surface area contributed by atoms with E-state index in [2.05, 4.69) is 10.2 Å². The Morgan fingerprint density at radius 2 is 2.10 bits per heavy atom. The first-order valence-corrected chi connectivity index (χ1v) is 7.27. The van der Waals surface area contributed by atoms with Crippen LogP contribution < -0.4 is 5.32 Å². The van der Waals surface area contributed by atoms with Crippen molar-refractivity contribution >= 4 is 29.7 Å². The molecule has 1 saturated heterocycles. The Bertz CT molecular complexity index is 477. The predicted octanol–water partition coefficient (Wildman–Crippen LogP) is 3.10. The number of rotatable bonds is 5. The lowest BCUT2D eigenvalue weighted by Gasteiger charge is -2.31. The summed E-state index contributed by atoms with van der Waals surface area (Å²) in [5.74, 6) is 0.719. The molecular formula is C14H21Cl2N3O2. The molecule has 118 valence electrons. The Labute approximate surface area is 136 Å². The van der Waals surface area contributed by atoms with Crippen LogP contribution >= 0.6 is 24.0 Å². The van der Waals surface area contributed by atoms with E-state index < -0.39 is 0 Å². The fourth-order valence-corrected chi connectivity index (χ4v) is 2.89. The highest BCUT2D eigenvalue weighted by molar-refractivity contribution is 6.30. The number of halogens is 2. The molecule has 2 rings (SSSR count). The quantitative estimate of drug-likeness (QED) is 0.664. The summed E-state index contributed by atoms with van der Waals surface area (Å²) in [7, 11) is 1.98. The first-order valence-electron chi connectivity index (χ1n) is 6.90. The van der Waals surface area contributed by atoms with Crippen LogP contribution in [-0.4, -0.2) is 36.5 Å². The summed E-state index contributed by atoms with van der Waals surface area (Å²) in [4.78, 5) is 13.0. The Balaban J connectivity index is 0.00000220. The van der Waals surface area contributed by atoms with Gasteiger partial charge in [-0.25, -0.2) is 0 Å². The van der Waals surface area contributed by atoms with Crippen LogP contribution in [0.15, 0.2) is 18.2 Å². The molecule has 0 radical (unpaired) electrons. The second-order valence-corrected chi connectivity index (χ2v) is 5.74. The SMILES string of the molecule is CNCC1CCN(Cc2ccc(Cl)cc2[N+](=O)[O-])CC1.Cl. The minimum atomic E-state index is -0.352. The molecule has 1 aromatic carbocycles. The zero-order valence-electron chi connectivity index (χ0n) is 12.0. The van der Waals surface area contributed by atoms with Gasteiger partial charge in [-0.2, -0.15) is 0 Å². The van der Waals surface area contributed by atoms with E-state index in [1.54, 1.807) is 12.1 Å². The standard InChI is InChI=1S/C14H20ClN3O2.ClH/c1-16-9-11-4-6-17(7-5-11)10-12-2-3-13(15)8-14(12)18(19)20;/h2-3,8,11,16H,4-7,9-10H2,1H3;1H. The van der Waals surface area contributed by atoms with E-state index in [0.717, 1.165) is 44.0 Å².